The number of nitrogens with zero attached hydrogens (tertiary/aromatic N) is 3. The minimum Gasteiger partial charge on any atom is -0.478 e. The van der Waals surface area contributed by atoms with E-state index in [4.69, 9.17) is 5.11 Å². The van der Waals surface area contributed by atoms with Crippen LogP contribution >= 0.6 is 11.8 Å². The number of thioether (sulfide) groups is 1. The van der Waals surface area contributed by atoms with Crippen molar-refractivity contribution >= 4 is 23.4 Å². The van der Waals surface area contributed by atoms with Gasteiger partial charge in [0.25, 0.3) is 0 Å². The van der Waals surface area contributed by atoms with Crippen LogP contribution in [0.25, 0.3) is 5.65 Å². The van der Waals surface area contributed by atoms with Gasteiger partial charge in [0.2, 0.25) is 0 Å². The number of aromatic nitrogens is 3. The van der Waals surface area contributed by atoms with E-state index >= 15 is 0 Å². The van der Waals surface area contributed by atoms with Gasteiger partial charge in [0.15, 0.2) is 11.5 Å². The van der Waals surface area contributed by atoms with Crippen LogP contribution in [-0.2, 0) is 6.42 Å². The van der Waals surface area contributed by atoms with Gasteiger partial charge in [-0.2, -0.15) is 16.9 Å². The normalized spacial score (nSPS) is 19.4. The third-order valence-electron chi connectivity index (χ3n) is 3.12. The second kappa shape index (κ2) is 4.61. The molecule has 2 aromatic rings. The summed E-state index contributed by atoms with van der Waals surface area (Å²) in [5, 5.41) is 13.3. The monoisotopic (exact) mass is 263 g/mol. The number of hydrogen-bond donors (Lipinski definition) is 1. The summed E-state index contributed by atoms with van der Waals surface area (Å²) in [7, 11) is 0. The molecule has 6 heteroatoms. The Kier molecular flexibility index (Phi) is 2.95. The Balaban J connectivity index is 1.87. The molecule has 0 saturated carbocycles. The molecule has 0 spiro atoms. The molecule has 1 aliphatic rings. The van der Waals surface area contributed by atoms with Gasteiger partial charge >= 0.3 is 5.97 Å². The largest absolute Gasteiger partial charge is 0.478 e. The summed E-state index contributed by atoms with van der Waals surface area (Å²) >= 11 is 1.97. The zero-order chi connectivity index (χ0) is 12.5. The first-order chi connectivity index (χ1) is 8.72. The van der Waals surface area contributed by atoms with E-state index < -0.39 is 5.97 Å². The van der Waals surface area contributed by atoms with E-state index in [-0.39, 0.29) is 5.56 Å². The van der Waals surface area contributed by atoms with Crippen molar-refractivity contribution in [3.05, 3.63) is 29.7 Å². The highest BCUT2D eigenvalue weighted by Gasteiger charge is 2.18. The molecule has 3 heterocycles. The molecule has 0 bridgehead atoms. The van der Waals surface area contributed by atoms with E-state index in [1.165, 1.54) is 17.9 Å². The van der Waals surface area contributed by atoms with E-state index in [0.717, 1.165) is 12.2 Å². The van der Waals surface area contributed by atoms with Crippen LogP contribution in [0.2, 0.25) is 0 Å². The topological polar surface area (TPSA) is 67.5 Å². The smallest absolute Gasteiger partial charge is 0.335 e. The van der Waals surface area contributed by atoms with Crippen molar-refractivity contribution in [3.8, 4) is 0 Å². The molecule has 5 nitrogen and oxygen atoms in total. The van der Waals surface area contributed by atoms with Crippen molar-refractivity contribution in [3.63, 3.8) is 0 Å². The minimum atomic E-state index is -0.936. The Morgan fingerprint density at radius 1 is 1.61 bits per heavy atom. The SMILES string of the molecule is O=C(O)c1ccn2nc(CC3CCSC3)nc2c1. The Hall–Kier alpha value is -1.56. The molecule has 18 heavy (non-hydrogen) atoms. The van der Waals surface area contributed by atoms with E-state index in [1.54, 1.807) is 22.8 Å². The summed E-state index contributed by atoms with van der Waals surface area (Å²) in [6, 6.07) is 3.10. The van der Waals surface area contributed by atoms with Crippen molar-refractivity contribution in [2.75, 3.05) is 11.5 Å². The van der Waals surface area contributed by atoms with E-state index in [0.29, 0.717) is 11.6 Å². The fraction of sp³-hybridized carbons (Fsp3) is 0.417. The molecule has 1 N–H and O–H groups in total. The second-order valence-electron chi connectivity index (χ2n) is 4.49. The Labute approximate surface area is 108 Å². The lowest BCUT2D eigenvalue weighted by molar-refractivity contribution is 0.0697. The van der Waals surface area contributed by atoms with Crippen LogP contribution < -0.4 is 0 Å². The first-order valence-corrected chi connectivity index (χ1v) is 7.04. The number of fused-ring (bicyclic) bond motifs is 1. The maximum absolute atomic E-state index is 10.9. The van der Waals surface area contributed by atoms with E-state index in [9.17, 15) is 4.79 Å². The second-order valence-corrected chi connectivity index (χ2v) is 5.63. The van der Waals surface area contributed by atoms with E-state index in [1.807, 2.05) is 11.8 Å². The van der Waals surface area contributed by atoms with Crippen LogP contribution in [0.3, 0.4) is 0 Å². The summed E-state index contributed by atoms with van der Waals surface area (Å²) in [5.41, 5.74) is 0.855. The van der Waals surface area contributed by atoms with Gasteiger partial charge < -0.3 is 5.11 Å². The number of carboxylic acids is 1. The fourth-order valence-electron chi connectivity index (χ4n) is 2.15. The highest BCUT2D eigenvalue weighted by molar-refractivity contribution is 7.99. The summed E-state index contributed by atoms with van der Waals surface area (Å²) in [5.74, 6) is 2.93. The van der Waals surface area contributed by atoms with Crippen LogP contribution in [0, 0.1) is 5.92 Å². The van der Waals surface area contributed by atoms with Gasteiger partial charge in [-0.3, -0.25) is 0 Å². The van der Waals surface area contributed by atoms with Gasteiger partial charge in [0, 0.05) is 12.6 Å². The van der Waals surface area contributed by atoms with Crippen molar-refractivity contribution in [2.45, 2.75) is 12.8 Å². The average Bonchev–Trinajstić information content (AvgIpc) is 2.96. The fourth-order valence-corrected chi connectivity index (χ4v) is 3.43. The molecule has 1 aliphatic heterocycles. The summed E-state index contributed by atoms with van der Waals surface area (Å²) in [6.07, 6.45) is 3.76. The van der Waals surface area contributed by atoms with Crippen molar-refractivity contribution in [1.29, 1.82) is 0 Å². The number of pyridine rings is 1. The van der Waals surface area contributed by atoms with Crippen molar-refractivity contribution in [2.24, 2.45) is 5.92 Å². The van der Waals surface area contributed by atoms with Gasteiger partial charge in [0.1, 0.15) is 0 Å². The van der Waals surface area contributed by atoms with Gasteiger partial charge in [-0.15, -0.1) is 0 Å². The van der Waals surface area contributed by atoms with Gasteiger partial charge in [-0.25, -0.2) is 14.3 Å². The first-order valence-electron chi connectivity index (χ1n) is 5.89. The van der Waals surface area contributed by atoms with Crippen LogP contribution in [0.15, 0.2) is 18.3 Å². The average molecular weight is 263 g/mol. The first kappa shape index (κ1) is 11.5. The Morgan fingerprint density at radius 2 is 2.50 bits per heavy atom. The van der Waals surface area contributed by atoms with Crippen molar-refractivity contribution in [1.82, 2.24) is 14.6 Å². The van der Waals surface area contributed by atoms with Gasteiger partial charge in [-0.1, -0.05) is 0 Å². The number of carboxylic acid groups (broad SMARTS) is 1. The minimum absolute atomic E-state index is 0.248. The Bertz CT molecular complexity index is 590. The number of hydrogen-bond acceptors (Lipinski definition) is 4. The zero-order valence-corrected chi connectivity index (χ0v) is 10.6. The zero-order valence-electron chi connectivity index (χ0n) is 9.74. The molecule has 1 fully saturated rings. The Morgan fingerprint density at radius 3 is 3.22 bits per heavy atom. The molecule has 0 radical (unpaired) electrons. The van der Waals surface area contributed by atoms with E-state index in [2.05, 4.69) is 10.1 Å². The molecule has 1 atom stereocenters. The van der Waals surface area contributed by atoms with Crippen LogP contribution in [0.1, 0.15) is 22.6 Å². The predicted octanol–water partition coefficient (Wildman–Crippen LogP) is 1.72. The molecular formula is C12H13N3O2S. The van der Waals surface area contributed by atoms with Crippen LogP contribution in [0.5, 0.6) is 0 Å². The van der Waals surface area contributed by atoms with Crippen LogP contribution in [-0.4, -0.2) is 37.2 Å². The predicted molar refractivity (Wildman–Crippen MR) is 69.1 cm³/mol. The number of carbonyl (C=O) groups is 1. The maximum atomic E-state index is 10.9. The van der Waals surface area contributed by atoms with Gasteiger partial charge in [-0.05, 0) is 36.0 Å². The molecule has 2 aromatic heterocycles. The van der Waals surface area contributed by atoms with Crippen LogP contribution in [0.4, 0.5) is 0 Å². The summed E-state index contributed by atoms with van der Waals surface area (Å²) < 4.78 is 1.64. The highest BCUT2D eigenvalue weighted by Crippen LogP contribution is 2.25. The standard InChI is InChI=1S/C12H13N3O2S/c16-12(17)9-1-3-15-11(6-9)13-10(14-15)5-8-2-4-18-7-8/h1,3,6,8H,2,4-5,7H2,(H,16,17). The third kappa shape index (κ3) is 2.20. The lowest BCUT2D eigenvalue weighted by atomic mass is 10.1. The molecular weight excluding hydrogens is 250 g/mol. The quantitative estimate of drug-likeness (QED) is 0.913. The molecule has 1 saturated heterocycles. The number of rotatable bonds is 3. The highest BCUT2D eigenvalue weighted by atomic mass is 32.2. The summed E-state index contributed by atoms with van der Waals surface area (Å²) in [6.45, 7) is 0. The lowest BCUT2D eigenvalue weighted by Gasteiger charge is -2.02. The number of aromatic carboxylic acids is 1. The summed E-state index contributed by atoms with van der Waals surface area (Å²) in [4.78, 5) is 15.3. The molecule has 0 amide bonds. The maximum Gasteiger partial charge on any atom is 0.335 e. The molecule has 1 unspecified atom stereocenters. The lowest BCUT2D eigenvalue weighted by Crippen LogP contribution is -2.04. The van der Waals surface area contributed by atoms with Gasteiger partial charge in [0.05, 0.1) is 5.56 Å². The molecule has 3 rings (SSSR count). The van der Waals surface area contributed by atoms with Crippen molar-refractivity contribution < 1.29 is 9.90 Å². The third-order valence-corrected chi connectivity index (χ3v) is 4.36. The molecule has 0 aliphatic carbocycles. The molecule has 0 aromatic carbocycles. The molecule has 94 valence electrons.